The van der Waals surface area contributed by atoms with Gasteiger partial charge in [-0.1, -0.05) is 12.8 Å². The highest BCUT2D eigenvalue weighted by molar-refractivity contribution is 9.11. The number of hydrogen-bond acceptors (Lipinski definition) is 4. The predicted molar refractivity (Wildman–Crippen MR) is 83.8 cm³/mol. The number of nitrogens with one attached hydrogen (secondary N) is 1. The molecule has 0 unspecified atom stereocenters. The smallest absolute Gasteiger partial charge is 0.303 e. The van der Waals surface area contributed by atoms with Crippen LogP contribution in [0, 0.1) is 5.41 Å². The molecule has 1 aliphatic rings. The third-order valence-electron chi connectivity index (χ3n) is 3.68. The number of carbonyl (C=O) groups excluding carboxylic acids is 1. The van der Waals surface area contributed by atoms with Gasteiger partial charge in [0.2, 0.25) is 5.91 Å². The second-order valence-electron chi connectivity index (χ2n) is 5.33. The number of carboxylic acid groups (broad SMARTS) is 1. The van der Waals surface area contributed by atoms with E-state index in [0.717, 1.165) is 25.7 Å². The zero-order valence-corrected chi connectivity index (χ0v) is 14.4. The van der Waals surface area contributed by atoms with Gasteiger partial charge in [0, 0.05) is 6.42 Å². The maximum atomic E-state index is 12.2. The summed E-state index contributed by atoms with van der Waals surface area (Å²) >= 11 is 6.42. The molecule has 0 radical (unpaired) electrons. The average Bonchev–Trinajstić information content (AvgIpc) is 2.80. The predicted octanol–water partition coefficient (Wildman–Crippen LogP) is 3.37. The number of halogens is 2. The van der Waals surface area contributed by atoms with Crippen molar-refractivity contribution in [3.05, 3.63) is 15.4 Å². The highest BCUT2D eigenvalue weighted by Crippen LogP contribution is 2.44. The highest BCUT2D eigenvalue weighted by Gasteiger charge is 2.38. The number of aliphatic carboxylic acids is 1. The van der Waals surface area contributed by atoms with Crippen LogP contribution in [0.2, 0.25) is 0 Å². The van der Waals surface area contributed by atoms with Crippen LogP contribution in [-0.4, -0.2) is 27.0 Å². The van der Waals surface area contributed by atoms with Crippen LogP contribution >= 0.6 is 31.9 Å². The normalized spacial score (nSPS) is 16.7. The molecular weight excluding hydrogens is 406 g/mol. The van der Waals surface area contributed by atoms with Gasteiger partial charge in [0.25, 0.3) is 0 Å². The van der Waals surface area contributed by atoms with Gasteiger partial charge < -0.3 is 10.4 Å². The number of anilines is 1. The lowest BCUT2D eigenvalue weighted by atomic mass is 9.79. The molecule has 0 bridgehead atoms. The van der Waals surface area contributed by atoms with Gasteiger partial charge >= 0.3 is 5.97 Å². The van der Waals surface area contributed by atoms with E-state index in [1.807, 2.05) is 0 Å². The van der Waals surface area contributed by atoms with E-state index >= 15 is 0 Å². The van der Waals surface area contributed by atoms with Gasteiger partial charge in [-0.25, -0.2) is 9.97 Å². The van der Waals surface area contributed by atoms with Crippen molar-refractivity contribution in [3.63, 3.8) is 0 Å². The van der Waals surface area contributed by atoms with E-state index in [2.05, 4.69) is 47.1 Å². The van der Waals surface area contributed by atoms with E-state index in [1.165, 1.54) is 6.20 Å². The molecule has 0 aromatic carbocycles. The van der Waals surface area contributed by atoms with Crippen LogP contribution < -0.4 is 5.32 Å². The van der Waals surface area contributed by atoms with E-state index < -0.39 is 11.4 Å². The molecule has 21 heavy (non-hydrogen) atoms. The maximum Gasteiger partial charge on any atom is 0.303 e. The molecule has 1 saturated carbocycles. The van der Waals surface area contributed by atoms with E-state index in [-0.39, 0.29) is 18.7 Å². The number of hydrogen-bond donors (Lipinski definition) is 2. The SMILES string of the molecule is O=C(O)CC1(CC(=O)Nc2ncc(Br)nc2Br)CCCC1. The van der Waals surface area contributed by atoms with Crippen LogP contribution in [0.15, 0.2) is 15.4 Å². The number of aromatic nitrogens is 2. The fraction of sp³-hybridized carbons (Fsp3) is 0.538. The fourth-order valence-electron chi connectivity index (χ4n) is 2.81. The fourth-order valence-corrected chi connectivity index (χ4v) is 3.72. The van der Waals surface area contributed by atoms with Gasteiger partial charge in [0.15, 0.2) is 5.82 Å². The third-order valence-corrected chi connectivity index (χ3v) is 4.62. The van der Waals surface area contributed by atoms with E-state index in [9.17, 15) is 9.59 Å². The van der Waals surface area contributed by atoms with E-state index in [0.29, 0.717) is 15.0 Å². The van der Waals surface area contributed by atoms with Crippen LogP contribution in [0.1, 0.15) is 38.5 Å². The second kappa shape index (κ2) is 6.83. The third kappa shape index (κ3) is 4.47. The summed E-state index contributed by atoms with van der Waals surface area (Å²) in [7, 11) is 0. The lowest BCUT2D eigenvalue weighted by Gasteiger charge is -2.26. The zero-order chi connectivity index (χ0) is 15.5. The summed E-state index contributed by atoms with van der Waals surface area (Å²) in [5.41, 5.74) is -0.425. The summed E-state index contributed by atoms with van der Waals surface area (Å²) in [6.07, 6.45) is 5.23. The van der Waals surface area contributed by atoms with Crippen molar-refractivity contribution in [2.45, 2.75) is 38.5 Å². The molecular formula is C13H15Br2N3O3. The van der Waals surface area contributed by atoms with Crippen molar-refractivity contribution < 1.29 is 14.7 Å². The number of amides is 1. The minimum atomic E-state index is -0.852. The van der Waals surface area contributed by atoms with Crippen molar-refractivity contribution in [1.82, 2.24) is 9.97 Å². The van der Waals surface area contributed by atoms with Crippen molar-refractivity contribution in [2.75, 3.05) is 5.32 Å². The van der Waals surface area contributed by atoms with Gasteiger partial charge in [-0.15, -0.1) is 0 Å². The summed E-state index contributed by atoms with van der Waals surface area (Å²) in [6.45, 7) is 0. The van der Waals surface area contributed by atoms with Gasteiger partial charge in [-0.3, -0.25) is 9.59 Å². The minimum absolute atomic E-state index is 0.0353. The van der Waals surface area contributed by atoms with Crippen molar-refractivity contribution in [1.29, 1.82) is 0 Å². The molecule has 0 aliphatic heterocycles. The van der Waals surface area contributed by atoms with Crippen LogP contribution in [0.3, 0.4) is 0 Å². The minimum Gasteiger partial charge on any atom is -0.481 e. The molecule has 1 aromatic rings. The van der Waals surface area contributed by atoms with Gasteiger partial charge in [0.05, 0.1) is 12.6 Å². The molecule has 1 fully saturated rings. The van der Waals surface area contributed by atoms with Crippen LogP contribution in [0.4, 0.5) is 5.82 Å². The van der Waals surface area contributed by atoms with E-state index in [4.69, 9.17) is 5.11 Å². The monoisotopic (exact) mass is 419 g/mol. The molecule has 0 spiro atoms. The van der Waals surface area contributed by atoms with Gasteiger partial charge in [0.1, 0.15) is 9.21 Å². The molecule has 1 amide bonds. The Kier molecular flexibility index (Phi) is 5.32. The maximum absolute atomic E-state index is 12.2. The Bertz CT molecular complexity index is 560. The Hall–Kier alpha value is -1.02. The Morgan fingerprint density at radius 1 is 1.29 bits per heavy atom. The first-order chi connectivity index (χ1) is 9.90. The first-order valence-electron chi connectivity index (χ1n) is 6.60. The number of carboxylic acids is 1. The second-order valence-corrected chi connectivity index (χ2v) is 6.90. The Morgan fingerprint density at radius 2 is 1.95 bits per heavy atom. The average molecular weight is 421 g/mol. The highest BCUT2D eigenvalue weighted by atomic mass is 79.9. The lowest BCUT2D eigenvalue weighted by molar-refractivity contribution is -0.140. The first-order valence-corrected chi connectivity index (χ1v) is 8.18. The molecule has 6 nitrogen and oxygen atoms in total. The van der Waals surface area contributed by atoms with E-state index in [1.54, 1.807) is 0 Å². The molecule has 1 aromatic heterocycles. The molecule has 8 heteroatoms. The molecule has 0 atom stereocenters. The van der Waals surface area contributed by atoms with Crippen molar-refractivity contribution in [2.24, 2.45) is 5.41 Å². The van der Waals surface area contributed by atoms with Crippen LogP contribution in [0.25, 0.3) is 0 Å². The Labute approximate surface area is 139 Å². The molecule has 2 N–H and O–H groups in total. The van der Waals surface area contributed by atoms with Gasteiger partial charge in [-0.2, -0.15) is 0 Å². The summed E-state index contributed by atoms with van der Waals surface area (Å²) in [4.78, 5) is 31.4. The summed E-state index contributed by atoms with van der Waals surface area (Å²) in [6, 6.07) is 0. The summed E-state index contributed by atoms with van der Waals surface area (Å²) in [5.74, 6) is -0.739. The van der Waals surface area contributed by atoms with Crippen LogP contribution in [0.5, 0.6) is 0 Å². The number of rotatable bonds is 5. The largest absolute Gasteiger partial charge is 0.481 e. The topological polar surface area (TPSA) is 92.2 Å². The Balaban J connectivity index is 2.04. The number of nitrogens with zero attached hydrogens (tertiary/aromatic N) is 2. The number of carbonyl (C=O) groups is 2. The quantitative estimate of drug-likeness (QED) is 0.761. The summed E-state index contributed by atoms with van der Waals surface area (Å²) in [5, 5.41) is 11.7. The molecule has 1 aliphatic carbocycles. The zero-order valence-electron chi connectivity index (χ0n) is 11.2. The van der Waals surface area contributed by atoms with Gasteiger partial charge in [-0.05, 0) is 50.1 Å². The first kappa shape index (κ1) is 16.4. The molecule has 0 saturated heterocycles. The molecule has 2 rings (SSSR count). The lowest BCUT2D eigenvalue weighted by Crippen LogP contribution is -2.28. The molecule has 1 heterocycles. The van der Waals surface area contributed by atoms with Crippen molar-refractivity contribution in [3.8, 4) is 0 Å². The van der Waals surface area contributed by atoms with Crippen molar-refractivity contribution >= 4 is 49.6 Å². The summed E-state index contributed by atoms with van der Waals surface area (Å²) < 4.78 is 0.995. The Morgan fingerprint density at radius 3 is 2.52 bits per heavy atom. The molecule has 114 valence electrons. The van der Waals surface area contributed by atoms with Crippen LogP contribution in [-0.2, 0) is 9.59 Å². The standard InChI is InChI=1S/C13H15Br2N3O3/c14-8-7-16-12(11(15)17-8)18-9(19)5-13(6-10(20)21)3-1-2-4-13/h7H,1-6H2,(H,20,21)(H,16,18,19).